The number of Topliss-reactive ketones (excluding diaryl/α,β-unsaturated/α-hetero) is 1. The number of fused-ring (bicyclic) bond motifs is 1. The minimum Gasteiger partial charge on any atom is -0.347 e. The molecule has 1 aromatic rings. The molecule has 2 unspecified atom stereocenters. The van der Waals surface area contributed by atoms with Crippen LogP contribution in [-0.4, -0.2) is 90.4 Å². The molecule has 0 spiro atoms. The zero-order valence-corrected chi connectivity index (χ0v) is 27.4. The van der Waals surface area contributed by atoms with Gasteiger partial charge in [0.15, 0.2) is 0 Å². The van der Waals surface area contributed by atoms with E-state index in [9.17, 15) is 28.8 Å². The lowest BCUT2D eigenvalue weighted by atomic mass is 9.86. The number of carbonyl (C=O) groups excluding carboxylic acids is 6. The molecule has 6 atom stereocenters. The predicted molar refractivity (Wildman–Crippen MR) is 167 cm³/mol. The van der Waals surface area contributed by atoms with Crippen LogP contribution >= 0.6 is 0 Å². The molecule has 0 aromatic heterocycles. The van der Waals surface area contributed by atoms with Crippen LogP contribution in [0.3, 0.4) is 0 Å². The summed E-state index contributed by atoms with van der Waals surface area (Å²) in [6.45, 7) is 9.62. The van der Waals surface area contributed by atoms with E-state index in [0.29, 0.717) is 12.1 Å². The Labute approximate surface area is 265 Å². The Morgan fingerprint density at radius 3 is 2.20 bits per heavy atom. The third kappa shape index (κ3) is 7.54. The lowest BCUT2D eigenvalue weighted by Gasteiger charge is -2.36. The maximum absolute atomic E-state index is 13.8. The Morgan fingerprint density at radius 2 is 1.64 bits per heavy atom. The lowest BCUT2D eigenvalue weighted by molar-refractivity contribution is -0.145. The van der Waals surface area contributed by atoms with Gasteiger partial charge in [-0.15, -0.1) is 0 Å². The first-order valence-corrected chi connectivity index (χ1v) is 15.7. The van der Waals surface area contributed by atoms with E-state index in [1.807, 2.05) is 20.8 Å². The highest BCUT2D eigenvalue weighted by Crippen LogP contribution is 2.65. The first-order valence-electron chi connectivity index (χ1n) is 15.7. The zero-order valence-electron chi connectivity index (χ0n) is 27.4. The van der Waals surface area contributed by atoms with Gasteiger partial charge in [0.25, 0.3) is 5.91 Å². The third-order valence-corrected chi connectivity index (χ3v) is 9.62. The van der Waals surface area contributed by atoms with Crippen molar-refractivity contribution in [1.82, 2.24) is 25.8 Å². The number of nitrogens with two attached hydrogens (primary N) is 1. The molecule has 1 aromatic carbocycles. The van der Waals surface area contributed by atoms with Gasteiger partial charge in [-0.05, 0) is 40.6 Å². The maximum atomic E-state index is 13.8. The molecule has 2 aliphatic carbocycles. The normalized spacial score (nSPS) is 23.6. The molecule has 1 heterocycles. The molecule has 12 heteroatoms. The van der Waals surface area contributed by atoms with Gasteiger partial charge < -0.3 is 31.5 Å². The first kappa shape index (κ1) is 34.1. The summed E-state index contributed by atoms with van der Waals surface area (Å²) >= 11 is 0. The van der Waals surface area contributed by atoms with Crippen LogP contribution in [0, 0.1) is 28.6 Å². The first-order chi connectivity index (χ1) is 20.9. The highest BCUT2D eigenvalue weighted by Gasteiger charge is 2.69. The van der Waals surface area contributed by atoms with Gasteiger partial charge in [-0.25, -0.2) is 0 Å². The van der Waals surface area contributed by atoms with Crippen molar-refractivity contribution in [1.29, 1.82) is 0 Å². The van der Waals surface area contributed by atoms with Crippen LogP contribution in [-0.2, 0) is 28.8 Å². The molecule has 45 heavy (non-hydrogen) atoms. The van der Waals surface area contributed by atoms with E-state index >= 15 is 0 Å². The molecule has 3 aliphatic rings. The van der Waals surface area contributed by atoms with Crippen LogP contribution in [0.2, 0.25) is 0 Å². The Bertz CT molecular complexity index is 1330. The molecule has 0 bridgehead atoms. The summed E-state index contributed by atoms with van der Waals surface area (Å²) in [5.74, 6) is -3.40. The predicted octanol–water partition coefficient (Wildman–Crippen LogP) is 0.759. The summed E-state index contributed by atoms with van der Waals surface area (Å²) < 4.78 is 0. The fraction of sp³-hybridized carbons (Fsp3) is 0.636. The standard InChI is InChI=1S/C33H48N6O6/c1-32(2,3)27(34)31(45)39-17-20-23(33(20,4)5)25(39)28(42)36-21(15-18-13-14-18)26(41)29(43)35-16-22(40)37-24(30(44)38(6)7)19-11-9-8-10-12-19/h8-12,18,20-21,23-25,27H,13-17,34H2,1-7H3,(H,35,43)(H,36,42)(H,37,40)/t20?,21?,23-,24-,25-,27+/m0/s1. The minimum atomic E-state index is -1.10. The van der Waals surface area contributed by atoms with E-state index in [1.54, 1.807) is 49.3 Å². The zero-order chi connectivity index (χ0) is 33.4. The highest BCUT2D eigenvalue weighted by atomic mass is 16.2. The van der Waals surface area contributed by atoms with Crippen LogP contribution in [0.25, 0.3) is 0 Å². The van der Waals surface area contributed by atoms with Crippen molar-refractivity contribution >= 4 is 35.3 Å². The second-order valence-electron chi connectivity index (χ2n) is 14.7. The van der Waals surface area contributed by atoms with Crippen molar-refractivity contribution < 1.29 is 28.8 Å². The van der Waals surface area contributed by atoms with Gasteiger partial charge in [0.1, 0.15) is 12.1 Å². The largest absolute Gasteiger partial charge is 0.347 e. The van der Waals surface area contributed by atoms with Crippen LogP contribution < -0.4 is 21.7 Å². The van der Waals surface area contributed by atoms with Gasteiger partial charge in [-0.2, -0.15) is 0 Å². The molecular formula is C33H48N6O6. The SMILES string of the molecule is CN(C)C(=O)[C@@H](NC(=O)CNC(=O)C(=O)C(CC1CC1)NC(=O)[C@@H]1[C@@H]2C(CN1C(=O)[C@@H](N)C(C)(C)C)C2(C)C)c1ccccc1. The molecule has 3 fully saturated rings. The van der Waals surface area contributed by atoms with E-state index in [1.165, 1.54) is 4.90 Å². The molecular weight excluding hydrogens is 576 g/mol. The Kier molecular flexibility index (Phi) is 9.77. The van der Waals surface area contributed by atoms with E-state index in [2.05, 4.69) is 29.8 Å². The number of amides is 5. The average molecular weight is 625 g/mol. The molecule has 2 saturated carbocycles. The van der Waals surface area contributed by atoms with Crippen LogP contribution in [0.5, 0.6) is 0 Å². The van der Waals surface area contributed by atoms with Crippen molar-refractivity contribution in [2.75, 3.05) is 27.2 Å². The van der Waals surface area contributed by atoms with Crippen molar-refractivity contribution in [3.8, 4) is 0 Å². The summed E-state index contributed by atoms with van der Waals surface area (Å²) in [6, 6.07) is 5.03. The molecule has 0 radical (unpaired) electrons. The number of carbonyl (C=O) groups is 6. The molecule has 1 aliphatic heterocycles. The van der Waals surface area contributed by atoms with Crippen LogP contribution in [0.15, 0.2) is 30.3 Å². The molecule has 246 valence electrons. The summed E-state index contributed by atoms with van der Waals surface area (Å²) in [5.41, 5.74) is 6.22. The average Bonchev–Trinajstić information content (AvgIpc) is 3.84. The number of ketones is 1. The van der Waals surface area contributed by atoms with Gasteiger partial charge in [-0.1, -0.05) is 77.8 Å². The Hall–Kier alpha value is -3.80. The molecule has 1 saturated heterocycles. The van der Waals surface area contributed by atoms with E-state index < -0.39 is 59.6 Å². The quantitative estimate of drug-likeness (QED) is 0.249. The second kappa shape index (κ2) is 12.9. The topological polar surface area (TPSA) is 171 Å². The van der Waals surface area contributed by atoms with Crippen LogP contribution in [0.1, 0.15) is 65.5 Å². The fourth-order valence-corrected chi connectivity index (χ4v) is 6.35. The number of piperidine rings is 1. The number of hydrogen-bond acceptors (Lipinski definition) is 7. The van der Waals surface area contributed by atoms with Gasteiger partial charge in [0.2, 0.25) is 29.4 Å². The number of rotatable bonds is 12. The summed E-state index contributed by atoms with van der Waals surface area (Å²) in [4.78, 5) is 82.0. The number of likely N-dealkylation sites (tertiary alicyclic amines) is 1. The number of benzene rings is 1. The maximum Gasteiger partial charge on any atom is 0.290 e. The molecule has 5 amide bonds. The number of hydrogen-bond donors (Lipinski definition) is 4. The van der Waals surface area contributed by atoms with Gasteiger partial charge in [-0.3, -0.25) is 28.8 Å². The number of likely N-dealkylation sites (N-methyl/N-ethyl adjacent to an activating group) is 1. The Balaban J connectivity index is 1.42. The van der Waals surface area contributed by atoms with Gasteiger partial charge in [0, 0.05) is 20.6 Å². The van der Waals surface area contributed by atoms with E-state index in [-0.39, 0.29) is 41.4 Å². The van der Waals surface area contributed by atoms with Crippen molar-refractivity contribution in [2.45, 2.75) is 78.0 Å². The second-order valence-corrected chi connectivity index (χ2v) is 14.7. The smallest absolute Gasteiger partial charge is 0.290 e. The van der Waals surface area contributed by atoms with E-state index in [4.69, 9.17) is 5.73 Å². The fourth-order valence-electron chi connectivity index (χ4n) is 6.35. The summed E-state index contributed by atoms with van der Waals surface area (Å²) in [5, 5.41) is 7.79. The van der Waals surface area contributed by atoms with Crippen molar-refractivity contribution in [2.24, 2.45) is 34.3 Å². The van der Waals surface area contributed by atoms with E-state index in [0.717, 1.165) is 12.8 Å². The summed E-state index contributed by atoms with van der Waals surface area (Å²) in [7, 11) is 3.15. The molecule has 4 rings (SSSR count). The lowest BCUT2D eigenvalue weighted by Crippen LogP contribution is -2.59. The number of nitrogens with zero attached hydrogens (tertiary/aromatic N) is 2. The van der Waals surface area contributed by atoms with Gasteiger partial charge in [0.05, 0.1) is 18.6 Å². The van der Waals surface area contributed by atoms with Crippen molar-refractivity contribution in [3.05, 3.63) is 35.9 Å². The van der Waals surface area contributed by atoms with Gasteiger partial charge >= 0.3 is 0 Å². The monoisotopic (exact) mass is 624 g/mol. The number of nitrogens with one attached hydrogen (secondary N) is 3. The van der Waals surface area contributed by atoms with Crippen molar-refractivity contribution in [3.63, 3.8) is 0 Å². The Morgan fingerprint density at radius 1 is 1.02 bits per heavy atom. The minimum absolute atomic E-state index is 0.0785. The third-order valence-electron chi connectivity index (χ3n) is 9.62. The molecule has 12 nitrogen and oxygen atoms in total. The highest BCUT2D eigenvalue weighted by molar-refractivity contribution is 6.38. The summed E-state index contributed by atoms with van der Waals surface area (Å²) in [6.07, 6.45) is 2.06. The molecule has 5 N–H and O–H groups in total. The van der Waals surface area contributed by atoms with Crippen LogP contribution in [0.4, 0.5) is 0 Å².